The summed E-state index contributed by atoms with van der Waals surface area (Å²) in [4.78, 5) is 10.0. The molecule has 0 heterocycles. The molecule has 0 amide bonds. The Morgan fingerprint density at radius 2 is 1.52 bits per heavy atom. The molecule has 0 spiro atoms. The Balaban J connectivity index is 2.34. The zero-order valence-corrected chi connectivity index (χ0v) is 13.4. The lowest BCUT2D eigenvalue weighted by atomic mass is 10.0. The van der Waals surface area contributed by atoms with Crippen molar-refractivity contribution in [1.82, 2.24) is 0 Å². The second kappa shape index (κ2) is 7.43. The zero-order chi connectivity index (χ0) is 20.4. The highest BCUT2D eigenvalue weighted by atomic mass is 19.4. The maximum absolute atomic E-state index is 12.9. The van der Waals surface area contributed by atoms with Crippen LogP contribution in [0.2, 0.25) is 0 Å². The van der Waals surface area contributed by atoms with E-state index in [0.29, 0.717) is 12.1 Å². The number of nitrogens with zero attached hydrogens (tertiary/aromatic N) is 1. The van der Waals surface area contributed by atoms with Gasteiger partial charge in [0.1, 0.15) is 0 Å². The molecule has 0 fully saturated rings. The number of nitrogens with one attached hydrogen (secondary N) is 1. The summed E-state index contributed by atoms with van der Waals surface area (Å²) in [6.45, 7) is -1.03. The minimum atomic E-state index is -4.96. The van der Waals surface area contributed by atoms with E-state index < -0.39 is 41.6 Å². The highest BCUT2D eigenvalue weighted by Crippen LogP contribution is 2.36. The number of aliphatic hydroxyl groups excluding tert-OH is 1. The summed E-state index contributed by atoms with van der Waals surface area (Å²) < 4.78 is 77.1. The van der Waals surface area contributed by atoms with Gasteiger partial charge in [0.15, 0.2) is 0 Å². The molecular formula is C16H12F6N2O3. The van der Waals surface area contributed by atoms with Crippen LogP contribution >= 0.6 is 0 Å². The number of non-ortho nitro benzene ring substituents is 1. The van der Waals surface area contributed by atoms with E-state index in [9.17, 15) is 41.6 Å². The van der Waals surface area contributed by atoms with E-state index in [4.69, 9.17) is 0 Å². The molecule has 0 aliphatic rings. The average Bonchev–Trinajstić information content (AvgIpc) is 2.57. The Bertz CT molecular complexity index is 817. The largest absolute Gasteiger partial charge is 0.416 e. The quantitative estimate of drug-likeness (QED) is 0.437. The fourth-order valence-corrected chi connectivity index (χ4v) is 2.32. The summed E-state index contributed by atoms with van der Waals surface area (Å²) in [5.41, 5.74) is -3.27. The van der Waals surface area contributed by atoms with Crippen molar-refractivity contribution >= 4 is 11.4 Å². The molecular weight excluding hydrogens is 382 g/mol. The smallest absolute Gasteiger partial charge is 0.392 e. The summed E-state index contributed by atoms with van der Waals surface area (Å²) in [7, 11) is 0. The van der Waals surface area contributed by atoms with Crippen molar-refractivity contribution < 1.29 is 36.4 Å². The maximum atomic E-state index is 12.9. The molecule has 146 valence electrons. The topological polar surface area (TPSA) is 75.4 Å². The fourth-order valence-electron chi connectivity index (χ4n) is 2.32. The predicted octanol–water partition coefficient (Wildman–Crippen LogP) is 4.74. The third-order valence-corrected chi connectivity index (χ3v) is 3.60. The van der Waals surface area contributed by atoms with Crippen LogP contribution in [-0.2, 0) is 25.5 Å². The second-order valence-electron chi connectivity index (χ2n) is 5.52. The molecule has 0 aromatic heterocycles. The van der Waals surface area contributed by atoms with E-state index in [2.05, 4.69) is 5.32 Å². The molecule has 5 nitrogen and oxygen atoms in total. The molecule has 2 N–H and O–H groups in total. The first-order chi connectivity index (χ1) is 12.4. The molecule has 11 heteroatoms. The van der Waals surface area contributed by atoms with Gasteiger partial charge in [-0.05, 0) is 29.8 Å². The monoisotopic (exact) mass is 394 g/mol. The van der Waals surface area contributed by atoms with Gasteiger partial charge in [-0.1, -0.05) is 0 Å². The van der Waals surface area contributed by atoms with Gasteiger partial charge in [0, 0.05) is 29.9 Å². The van der Waals surface area contributed by atoms with Crippen LogP contribution in [0.1, 0.15) is 22.3 Å². The molecule has 0 atom stereocenters. The number of benzene rings is 2. The number of alkyl halides is 6. The van der Waals surface area contributed by atoms with E-state index >= 15 is 0 Å². The van der Waals surface area contributed by atoms with Gasteiger partial charge in [-0.25, -0.2) is 0 Å². The van der Waals surface area contributed by atoms with E-state index in [1.807, 2.05) is 0 Å². The van der Waals surface area contributed by atoms with Gasteiger partial charge in [0.2, 0.25) is 0 Å². The second-order valence-corrected chi connectivity index (χ2v) is 5.52. The molecule has 0 aliphatic carbocycles. The Labute approximate surface area is 148 Å². The third-order valence-electron chi connectivity index (χ3n) is 3.60. The van der Waals surface area contributed by atoms with Crippen LogP contribution < -0.4 is 5.32 Å². The first-order valence-corrected chi connectivity index (χ1v) is 7.32. The summed E-state index contributed by atoms with van der Waals surface area (Å²) in [5.74, 6) is 0. The minimum Gasteiger partial charge on any atom is -0.392 e. The van der Waals surface area contributed by atoms with Crippen molar-refractivity contribution in [3.05, 3.63) is 68.8 Å². The number of halogens is 6. The molecule has 0 unspecified atom stereocenters. The molecule has 0 radical (unpaired) electrons. The van der Waals surface area contributed by atoms with Crippen LogP contribution in [0.4, 0.5) is 37.7 Å². The van der Waals surface area contributed by atoms with Crippen LogP contribution in [-0.4, -0.2) is 10.0 Å². The number of hydrogen-bond donors (Lipinski definition) is 2. The lowest BCUT2D eigenvalue weighted by molar-refractivity contribution is -0.384. The summed E-state index contributed by atoms with van der Waals surface area (Å²) in [6, 6.07) is 4.53. The maximum Gasteiger partial charge on any atom is 0.416 e. The number of nitro groups is 1. The Morgan fingerprint density at radius 1 is 0.963 bits per heavy atom. The van der Waals surface area contributed by atoms with E-state index in [-0.39, 0.29) is 28.6 Å². The lowest BCUT2D eigenvalue weighted by Crippen LogP contribution is -2.13. The van der Waals surface area contributed by atoms with Crippen LogP contribution in [0.5, 0.6) is 0 Å². The van der Waals surface area contributed by atoms with Gasteiger partial charge in [-0.3, -0.25) is 10.1 Å². The van der Waals surface area contributed by atoms with E-state index in [1.54, 1.807) is 0 Å². The first-order valence-electron chi connectivity index (χ1n) is 7.32. The molecule has 2 aromatic carbocycles. The number of rotatable bonds is 5. The van der Waals surface area contributed by atoms with Crippen LogP contribution in [0.25, 0.3) is 0 Å². The number of aliphatic hydroxyl groups is 1. The summed E-state index contributed by atoms with van der Waals surface area (Å²) >= 11 is 0. The molecule has 2 rings (SSSR count). The van der Waals surface area contributed by atoms with E-state index in [1.165, 1.54) is 6.07 Å². The Kier molecular flexibility index (Phi) is 5.64. The van der Waals surface area contributed by atoms with Gasteiger partial charge in [0.25, 0.3) is 5.69 Å². The highest BCUT2D eigenvalue weighted by Gasteiger charge is 2.36. The number of nitro benzene ring substituents is 1. The summed E-state index contributed by atoms with van der Waals surface area (Å²) in [6.07, 6.45) is -9.92. The van der Waals surface area contributed by atoms with Crippen molar-refractivity contribution in [2.45, 2.75) is 25.5 Å². The molecule has 0 saturated heterocycles. The van der Waals surface area contributed by atoms with Crippen molar-refractivity contribution in [3.8, 4) is 0 Å². The zero-order valence-electron chi connectivity index (χ0n) is 13.4. The van der Waals surface area contributed by atoms with E-state index in [0.717, 1.165) is 12.1 Å². The standard InChI is InChI=1S/C16H12F6N2O3/c17-15(18,19)11-3-9(4-12(6-11)16(20,21)22)7-23-14-2-1-13(24(26)27)5-10(14)8-25/h1-6,23,25H,7-8H2. The minimum absolute atomic E-state index is 0.0224. The van der Waals surface area contributed by atoms with Gasteiger partial charge < -0.3 is 10.4 Å². The van der Waals surface area contributed by atoms with Gasteiger partial charge in [-0.2, -0.15) is 26.3 Å². The predicted molar refractivity (Wildman–Crippen MR) is 82.8 cm³/mol. The van der Waals surface area contributed by atoms with Crippen LogP contribution in [0.3, 0.4) is 0 Å². The Hall–Kier alpha value is -2.82. The fraction of sp³-hybridized carbons (Fsp3) is 0.250. The molecule has 0 bridgehead atoms. The highest BCUT2D eigenvalue weighted by molar-refractivity contribution is 5.56. The average molecular weight is 394 g/mol. The SMILES string of the molecule is O=[N+]([O-])c1ccc(NCc2cc(C(F)(F)F)cc(C(F)(F)F)c2)c(CO)c1. The normalized spacial score (nSPS) is 12.1. The third kappa shape index (κ3) is 5.09. The van der Waals surface area contributed by atoms with Crippen molar-refractivity contribution in [2.24, 2.45) is 0 Å². The van der Waals surface area contributed by atoms with Crippen LogP contribution in [0.15, 0.2) is 36.4 Å². The van der Waals surface area contributed by atoms with Crippen LogP contribution in [0, 0.1) is 10.1 Å². The molecule has 0 saturated carbocycles. The van der Waals surface area contributed by atoms with Crippen molar-refractivity contribution in [2.75, 3.05) is 5.32 Å². The molecule has 2 aromatic rings. The lowest BCUT2D eigenvalue weighted by Gasteiger charge is -2.15. The van der Waals surface area contributed by atoms with Crippen molar-refractivity contribution in [1.29, 1.82) is 0 Å². The molecule has 0 aliphatic heterocycles. The van der Waals surface area contributed by atoms with Crippen molar-refractivity contribution in [3.63, 3.8) is 0 Å². The van der Waals surface area contributed by atoms with Gasteiger partial charge in [-0.15, -0.1) is 0 Å². The summed E-state index contributed by atoms with van der Waals surface area (Å²) in [5, 5.41) is 22.6. The number of hydrogen-bond acceptors (Lipinski definition) is 4. The van der Waals surface area contributed by atoms with Gasteiger partial charge >= 0.3 is 12.4 Å². The molecule has 27 heavy (non-hydrogen) atoms. The number of anilines is 1. The van der Waals surface area contributed by atoms with Gasteiger partial charge in [0.05, 0.1) is 22.7 Å². The Morgan fingerprint density at radius 3 is 1.96 bits per heavy atom. The first kappa shape index (κ1) is 20.5.